The summed E-state index contributed by atoms with van der Waals surface area (Å²) in [7, 11) is 1.75. The summed E-state index contributed by atoms with van der Waals surface area (Å²) in [6.07, 6.45) is 4.77. The lowest BCUT2D eigenvalue weighted by atomic mass is 9.94. The molecule has 1 aromatic rings. The quantitative estimate of drug-likeness (QED) is 0.819. The third-order valence-corrected chi connectivity index (χ3v) is 4.34. The highest BCUT2D eigenvalue weighted by atomic mass is 35.5. The molecule has 4 heteroatoms. The van der Waals surface area contributed by atoms with Gasteiger partial charge in [0.05, 0.1) is 4.34 Å². The van der Waals surface area contributed by atoms with E-state index in [-0.39, 0.29) is 0 Å². The van der Waals surface area contributed by atoms with Crippen LogP contribution < -0.4 is 5.32 Å². The molecule has 2 nitrogen and oxygen atoms in total. The monoisotopic (exact) mass is 259 g/mol. The van der Waals surface area contributed by atoms with Crippen LogP contribution in [0.1, 0.15) is 35.7 Å². The Labute approximate surface area is 106 Å². The molecule has 1 N–H and O–H groups in total. The SMILES string of the molecule is COCCCNC1CCCc2sc(Cl)cc21. The standard InChI is InChI=1S/C12H18ClNOS/c1-15-7-3-6-14-10-4-2-5-11-9(10)8-12(13)16-11/h8,10,14H,2-7H2,1H3. The first kappa shape index (κ1) is 12.4. The van der Waals surface area contributed by atoms with E-state index < -0.39 is 0 Å². The minimum Gasteiger partial charge on any atom is -0.385 e. The molecule has 0 amide bonds. The maximum atomic E-state index is 6.07. The summed E-state index contributed by atoms with van der Waals surface area (Å²) in [6.45, 7) is 1.85. The Balaban J connectivity index is 1.91. The highest BCUT2D eigenvalue weighted by molar-refractivity contribution is 7.16. The third kappa shape index (κ3) is 2.98. The number of aryl methyl sites for hydroxylation is 1. The maximum Gasteiger partial charge on any atom is 0.0934 e. The summed E-state index contributed by atoms with van der Waals surface area (Å²) in [6, 6.07) is 2.64. The summed E-state index contributed by atoms with van der Waals surface area (Å²) < 4.78 is 5.97. The van der Waals surface area contributed by atoms with E-state index in [1.54, 1.807) is 18.4 Å². The van der Waals surface area contributed by atoms with E-state index in [0.29, 0.717) is 6.04 Å². The van der Waals surface area contributed by atoms with Crippen molar-refractivity contribution >= 4 is 22.9 Å². The normalized spacial score (nSPS) is 19.8. The van der Waals surface area contributed by atoms with Crippen molar-refractivity contribution in [2.45, 2.75) is 31.7 Å². The average molecular weight is 260 g/mol. The van der Waals surface area contributed by atoms with Crippen molar-refractivity contribution in [3.05, 3.63) is 20.8 Å². The maximum absolute atomic E-state index is 6.07. The zero-order valence-corrected chi connectivity index (χ0v) is 11.2. The van der Waals surface area contributed by atoms with Crippen LogP contribution in [-0.2, 0) is 11.2 Å². The second kappa shape index (κ2) is 6.01. The predicted octanol–water partition coefficient (Wildman–Crippen LogP) is 3.41. The Morgan fingerprint density at radius 1 is 1.62 bits per heavy atom. The van der Waals surface area contributed by atoms with E-state index in [0.717, 1.165) is 23.9 Å². The number of hydrogen-bond donors (Lipinski definition) is 1. The van der Waals surface area contributed by atoms with Gasteiger partial charge in [0.15, 0.2) is 0 Å². The number of rotatable bonds is 5. The highest BCUT2D eigenvalue weighted by Crippen LogP contribution is 2.37. The fourth-order valence-corrected chi connectivity index (χ4v) is 3.61. The highest BCUT2D eigenvalue weighted by Gasteiger charge is 2.21. The van der Waals surface area contributed by atoms with Gasteiger partial charge in [-0.15, -0.1) is 11.3 Å². The van der Waals surface area contributed by atoms with Gasteiger partial charge in [-0.2, -0.15) is 0 Å². The number of nitrogens with one attached hydrogen (secondary N) is 1. The first-order valence-electron chi connectivity index (χ1n) is 5.81. The Hall–Kier alpha value is -0.0900. The van der Waals surface area contributed by atoms with E-state index in [4.69, 9.17) is 16.3 Å². The van der Waals surface area contributed by atoms with Crippen molar-refractivity contribution in [1.82, 2.24) is 5.32 Å². The van der Waals surface area contributed by atoms with Gasteiger partial charge in [0, 0.05) is 24.6 Å². The third-order valence-electron chi connectivity index (χ3n) is 3.00. The molecule has 1 unspecified atom stereocenters. The summed E-state index contributed by atoms with van der Waals surface area (Å²) in [5.41, 5.74) is 1.43. The van der Waals surface area contributed by atoms with Crippen molar-refractivity contribution in [3.8, 4) is 0 Å². The lowest BCUT2D eigenvalue weighted by molar-refractivity contribution is 0.192. The van der Waals surface area contributed by atoms with E-state index >= 15 is 0 Å². The second-order valence-corrected chi connectivity index (χ2v) is 5.94. The van der Waals surface area contributed by atoms with Crippen LogP contribution in [0.25, 0.3) is 0 Å². The van der Waals surface area contributed by atoms with Gasteiger partial charge in [0.25, 0.3) is 0 Å². The van der Waals surface area contributed by atoms with Crippen molar-refractivity contribution in [3.63, 3.8) is 0 Å². The zero-order valence-electron chi connectivity index (χ0n) is 9.59. The Kier molecular flexibility index (Phi) is 4.65. The van der Waals surface area contributed by atoms with E-state index in [9.17, 15) is 0 Å². The molecule has 0 aliphatic heterocycles. The van der Waals surface area contributed by atoms with Gasteiger partial charge in [-0.3, -0.25) is 0 Å². The summed E-state index contributed by atoms with van der Waals surface area (Å²) in [4.78, 5) is 1.47. The van der Waals surface area contributed by atoms with Gasteiger partial charge in [-0.25, -0.2) is 0 Å². The molecule has 1 heterocycles. The number of methoxy groups -OCH3 is 1. The van der Waals surface area contributed by atoms with Crippen LogP contribution in [0.15, 0.2) is 6.07 Å². The fraction of sp³-hybridized carbons (Fsp3) is 0.667. The Bertz CT molecular complexity index is 340. The molecular weight excluding hydrogens is 242 g/mol. The first-order chi connectivity index (χ1) is 7.81. The van der Waals surface area contributed by atoms with Crippen molar-refractivity contribution in [1.29, 1.82) is 0 Å². The largest absolute Gasteiger partial charge is 0.385 e. The van der Waals surface area contributed by atoms with Crippen LogP contribution in [0.5, 0.6) is 0 Å². The van der Waals surface area contributed by atoms with Crippen LogP contribution in [-0.4, -0.2) is 20.3 Å². The van der Waals surface area contributed by atoms with Crippen LogP contribution in [0, 0.1) is 0 Å². The molecule has 1 aliphatic rings. The molecule has 1 aliphatic carbocycles. The van der Waals surface area contributed by atoms with Gasteiger partial charge in [0.1, 0.15) is 0 Å². The molecule has 2 rings (SSSR count). The molecule has 1 aromatic heterocycles. The molecule has 0 saturated carbocycles. The van der Waals surface area contributed by atoms with Crippen LogP contribution in [0.3, 0.4) is 0 Å². The fourth-order valence-electron chi connectivity index (χ4n) is 2.23. The minimum atomic E-state index is 0.504. The van der Waals surface area contributed by atoms with Gasteiger partial charge < -0.3 is 10.1 Å². The first-order valence-corrected chi connectivity index (χ1v) is 7.01. The second-order valence-electron chi connectivity index (χ2n) is 4.17. The number of thiophene rings is 1. The molecule has 90 valence electrons. The lowest BCUT2D eigenvalue weighted by Gasteiger charge is -2.23. The molecule has 1 atom stereocenters. The molecule has 0 saturated heterocycles. The van der Waals surface area contributed by atoms with E-state index in [2.05, 4.69) is 11.4 Å². The summed E-state index contributed by atoms with van der Waals surface area (Å²) >= 11 is 7.81. The minimum absolute atomic E-state index is 0.504. The smallest absolute Gasteiger partial charge is 0.0934 e. The van der Waals surface area contributed by atoms with Gasteiger partial charge in [-0.1, -0.05) is 11.6 Å². The molecular formula is C12H18ClNOS. The van der Waals surface area contributed by atoms with Crippen LogP contribution in [0.2, 0.25) is 4.34 Å². The van der Waals surface area contributed by atoms with Crippen LogP contribution >= 0.6 is 22.9 Å². The molecule has 0 spiro atoms. The molecule has 16 heavy (non-hydrogen) atoms. The zero-order chi connectivity index (χ0) is 11.4. The van der Waals surface area contributed by atoms with Crippen molar-refractivity contribution in [2.24, 2.45) is 0 Å². The average Bonchev–Trinajstić information content (AvgIpc) is 2.65. The van der Waals surface area contributed by atoms with Gasteiger partial charge >= 0.3 is 0 Å². The number of fused-ring (bicyclic) bond motifs is 1. The topological polar surface area (TPSA) is 21.3 Å². The van der Waals surface area contributed by atoms with Crippen molar-refractivity contribution < 1.29 is 4.74 Å². The summed E-state index contributed by atoms with van der Waals surface area (Å²) in [5, 5.41) is 3.59. The van der Waals surface area contributed by atoms with Crippen molar-refractivity contribution in [2.75, 3.05) is 20.3 Å². The van der Waals surface area contributed by atoms with Gasteiger partial charge in [0.2, 0.25) is 0 Å². The molecule has 0 radical (unpaired) electrons. The Morgan fingerprint density at radius 2 is 2.50 bits per heavy atom. The number of halogens is 1. The molecule has 0 bridgehead atoms. The molecule has 0 aromatic carbocycles. The molecule has 0 fully saturated rings. The predicted molar refractivity (Wildman–Crippen MR) is 69.5 cm³/mol. The van der Waals surface area contributed by atoms with Crippen LogP contribution in [0.4, 0.5) is 0 Å². The van der Waals surface area contributed by atoms with E-state index in [1.165, 1.54) is 29.7 Å². The number of ether oxygens (including phenoxy) is 1. The van der Waals surface area contributed by atoms with E-state index in [1.807, 2.05) is 0 Å². The summed E-state index contributed by atoms with van der Waals surface area (Å²) in [5.74, 6) is 0. The Morgan fingerprint density at radius 3 is 3.31 bits per heavy atom. The van der Waals surface area contributed by atoms with Gasteiger partial charge in [-0.05, 0) is 43.9 Å². The lowest BCUT2D eigenvalue weighted by Crippen LogP contribution is -2.25. The number of hydrogen-bond acceptors (Lipinski definition) is 3.